The second-order valence-electron chi connectivity index (χ2n) is 6.28. The Balaban J connectivity index is 1.84. The van der Waals surface area contributed by atoms with E-state index in [1.807, 2.05) is 12.1 Å². The first-order chi connectivity index (χ1) is 10.9. The van der Waals surface area contributed by atoms with Crippen molar-refractivity contribution in [2.45, 2.75) is 32.1 Å². The lowest BCUT2D eigenvalue weighted by atomic mass is 9.79. The molecule has 0 unspecified atom stereocenters. The van der Waals surface area contributed by atoms with Crippen molar-refractivity contribution in [1.29, 1.82) is 0 Å². The molecule has 0 fully saturated rings. The van der Waals surface area contributed by atoms with Crippen LogP contribution in [0.25, 0.3) is 0 Å². The van der Waals surface area contributed by atoms with Gasteiger partial charge < -0.3 is 14.3 Å². The summed E-state index contributed by atoms with van der Waals surface area (Å²) in [7, 11) is 0. The zero-order valence-corrected chi connectivity index (χ0v) is 13.2. The number of hydrogen-bond donors (Lipinski definition) is 1. The Morgan fingerprint density at radius 1 is 1.26 bits per heavy atom. The summed E-state index contributed by atoms with van der Waals surface area (Å²) in [6.45, 7) is 5.15. The molecule has 1 aliphatic rings. The predicted octanol–water partition coefficient (Wildman–Crippen LogP) is 3.37. The molecule has 3 rings (SSSR count). The minimum atomic E-state index is -0.921. The number of carboxylic acids is 1. The number of benzene rings is 1. The van der Waals surface area contributed by atoms with Crippen LogP contribution in [0.1, 0.15) is 42.9 Å². The van der Waals surface area contributed by atoms with E-state index >= 15 is 0 Å². The summed E-state index contributed by atoms with van der Waals surface area (Å²) >= 11 is 0. The zero-order chi connectivity index (χ0) is 16.4. The number of carbonyl (C=O) groups is 1. The summed E-state index contributed by atoms with van der Waals surface area (Å²) in [5.41, 5.74) is 2.13. The number of rotatable bonds is 2. The van der Waals surface area contributed by atoms with E-state index in [1.54, 1.807) is 12.1 Å². The Hall–Kier alpha value is -2.67. The zero-order valence-electron chi connectivity index (χ0n) is 13.2. The molecule has 1 aliphatic heterocycles. The first-order valence-electron chi connectivity index (χ1n) is 7.54. The van der Waals surface area contributed by atoms with Gasteiger partial charge >= 0.3 is 5.97 Å². The van der Waals surface area contributed by atoms with Crippen LogP contribution in [0.3, 0.4) is 0 Å². The van der Waals surface area contributed by atoms with Crippen LogP contribution < -0.4 is 4.74 Å². The number of ether oxygens (including phenoxy) is 1. The number of fused-ring (bicyclic) bond motifs is 1. The van der Waals surface area contributed by atoms with Gasteiger partial charge in [-0.1, -0.05) is 19.8 Å². The van der Waals surface area contributed by atoms with E-state index in [4.69, 9.17) is 14.3 Å². The summed E-state index contributed by atoms with van der Waals surface area (Å²) in [4.78, 5) is 10.6. The lowest BCUT2D eigenvalue weighted by Crippen LogP contribution is -2.26. The number of hydrogen-bond acceptors (Lipinski definition) is 3. The molecule has 23 heavy (non-hydrogen) atoms. The SMILES string of the molecule is CC1(C)CCOc2ccc(C#Cc3ccc(CC(=O)O)o3)cc21. The average Bonchev–Trinajstić information content (AvgIpc) is 2.92. The number of carboxylic acid groups (broad SMARTS) is 1. The second kappa shape index (κ2) is 5.85. The van der Waals surface area contributed by atoms with Crippen LogP contribution in [0.15, 0.2) is 34.7 Å². The first kappa shape index (κ1) is 15.2. The molecule has 0 atom stereocenters. The molecule has 0 radical (unpaired) electrons. The lowest BCUT2D eigenvalue weighted by molar-refractivity contribution is -0.136. The summed E-state index contributed by atoms with van der Waals surface area (Å²) in [6.07, 6.45) is 0.847. The lowest BCUT2D eigenvalue weighted by Gasteiger charge is -2.32. The Morgan fingerprint density at radius 2 is 2.09 bits per heavy atom. The summed E-state index contributed by atoms with van der Waals surface area (Å²) in [5.74, 6) is 6.88. The summed E-state index contributed by atoms with van der Waals surface area (Å²) in [5, 5.41) is 8.74. The molecule has 1 aromatic carbocycles. The highest BCUT2D eigenvalue weighted by Gasteiger charge is 2.28. The summed E-state index contributed by atoms with van der Waals surface area (Å²) < 4.78 is 11.1. The van der Waals surface area contributed by atoms with Crippen molar-refractivity contribution in [2.75, 3.05) is 6.61 Å². The van der Waals surface area contributed by atoms with Gasteiger partial charge in [0.15, 0.2) is 5.76 Å². The molecular formula is C19H18O4. The van der Waals surface area contributed by atoms with E-state index in [1.165, 1.54) is 5.56 Å². The highest BCUT2D eigenvalue weighted by molar-refractivity contribution is 5.69. The Bertz CT molecular complexity index is 802. The minimum Gasteiger partial charge on any atom is -0.493 e. The van der Waals surface area contributed by atoms with E-state index in [9.17, 15) is 4.79 Å². The van der Waals surface area contributed by atoms with Crippen molar-refractivity contribution < 1.29 is 19.1 Å². The topological polar surface area (TPSA) is 59.7 Å². The van der Waals surface area contributed by atoms with E-state index in [2.05, 4.69) is 31.8 Å². The third-order valence-electron chi connectivity index (χ3n) is 4.01. The van der Waals surface area contributed by atoms with E-state index in [0.717, 1.165) is 24.3 Å². The van der Waals surface area contributed by atoms with Crippen molar-refractivity contribution in [3.8, 4) is 17.6 Å². The van der Waals surface area contributed by atoms with Gasteiger partial charge in [0.2, 0.25) is 0 Å². The van der Waals surface area contributed by atoms with E-state index in [-0.39, 0.29) is 11.8 Å². The van der Waals surface area contributed by atoms with Crippen LogP contribution in [0, 0.1) is 11.8 Å². The minimum absolute atomic E-state index is 0.0740. The summed E-state index contributed by atoms with van der Waals surface area (Å²) in [6, 6.07) is 9.27. The monoisotopic (exact) mass is 310 g/mol. The first-order valence-corrected chi connectivity index (χ1v) is 7.54. The molecule has 2 heterocycles. The second-order valence-corrected chi connectivity index (χ2v) is 6.28. The molecule has 1 N–H and O–H groups in total. The largest absolute Gasteiger partial charge is 0.493 e. The molecule has 0 saturated heterocycles. The fourth-order valence-electron chi connectivity index (χ4n) is 2.64. The molecule has 4 heteroatoms. The van der Waals surface area contributed by atoms with Gasteiger partial charge in [0, 0.05) is 11.1 Å². The Labute approximate surface area is 135 Å². The van der Waals surface area contributed by atoms with Gasteiger partial charge in [-0.15, -0.1) is 0 Å². The Kier molecular flexibility index (Phi) is 3.87. The normalized spacial score (nSPS) is 15.0. The molecule has 118 valence electrons. The number of aliphatic carboxylic acids is 1. The van der Waals surface area contributed by atoms with Gasteiger partial charge in [-0.05, 0) is 48.1 Å². The van der Waals surface area contributed by atoms with Crippen LogP contribution in [-0.2, 0) is 16.6 Å². The van der Waals surface area contributed by atoms with Gasteiger partial charge in [-0.25, -0.2) is 0 Å². The maximum absolute atomic E-state index is 10.6. The quantitative estimate of drug-likeness (QED) is 0.864. The highest BCUT2D eigenvalue weighted by atomic mass is 16.5. The van der Waals surface area contributed by atoms with Gasteiger partial charge in [-0.3, -0.25) is 4.79 Å². The fraction of sp³-hybridized carbons (Fsp3) is 0.316. The maximum Gasteiger partial charge on any atom is 0.311 e. The molecular weight excluding hydrogens is 292 g/mol. The molecule has 0 spiro atoms. The number of furan rings is 1. The van der Waals surface area contributed by atoms with Crippen molar-refractivity contribution >= 4 is 5.97 Å². The van der Waals surface area contributed by atoms with E-state index in [0.29, 0.717) is 11.5 Å². The van der Waals surface area contributed by atoms with Crippen LogP contribution >= 0.6 is 0 Å². The van der Waals surface area contributed by atoms with Gasteiger partial charge in [-0.2, -0.15) is 0 Å². The molecule has 0 amide bonds. The predicted molar refractivity (Wildman–Crippen MR) is 85.6 cm³/mol. The van der Waals surface area contributed by atoms with Crippen molar-refractivity contribution in [3.63, 3.8) is 0 Å². The average molecular weight is 310 g/mol. The molecule has 0 saturated carbocycles. The molecule has 2 aromatic rings. The molecule has 0 aliphatic carbocycles. The smallest absolute Gasteiger partial charge is 0.311 e. The maximum atomic E-state index is 10.6. The standard InChI is InChI=1S/C19H18O4/c1-19(2)9-10-22-17-8-4-13(11-16(17)19)3-5-14-6-7-15(23-14)12-18(20)21/h4,6-8,11H,9-10,12H2,1-2H3,(H,20,21). The van der Waals surface area contributed by atoms with Crippen LogP contribution in [0.4, 0.5) is 0 Å². The van der Waals surface area contributed by atoms with Crippen molar-refractivity contribution in [3.05, 3.63) is 53.0 Å². The highest BCUT2D eigenvalue weighted by Crippen LogP contribution is 2.38. The van der Waals surface area contributed by atoms with Crippen LogP contribution in [0.2, 0.25) is 0 Å². The van der Waals surface area contributed by atoms with Gasteiger partial charge in [0.05, 0.1) is 6.61 Å². The van der Waals surface area contributed by atoms with Crippen molar-refractivity contribution in [1.82, 2.24) is 0 Å². The molecule has 4 nitrogen and oxygen atoms in total. The fourth-order valence-corrected chi connectivity index (χ4v) is 2.64. The van der Waals surface area contributed by atoms with Crippen molar-refractivity contribution in [2.24, 2.45) is 0 Å². The van der Waals surface area contributed by atoms with Gasteiger partial charge in [0.1, 0.15) is 17.9 Å². The Morgan fingerprint density at radius 3 is 2.87 bits per heavy atom. The van der Waals surface area contributed by atoms with Crippen LogP contribution in [0.5, 0.6) is 5.75 Å². The third-order valence-corrected chi connectivity index (χ3v) is 4.01. The van der Waals surface area contributed by atoms with Crippen LogP contribution in [-0.4, -0.2) is 17.7 Å². The van der Waals surface area contributed by atoms with Gasteiger partial charge in [0.25, 0.3) is 0 Å². The molecule has 1 aromatic heterocycles. The molecule has 0 bridgehead atoms. The third kappa shape index (κ3) is 3.40. The van der Waals surface area contributed by atoms with E-state index < -0.39 is 5.97 Å².